The maximum Gasteiger partial charge on any atom is 0.0590 e. The molecule has 0 heterocycles. The molecule has 0 aromatic heterocycles. The molecule has 3 heteroatoms. The molecule has 0 aromatic carbocycles. The van der Waals surface area contributed by atoms with Crippen molar-refractivity contribution in [2.75, 3.05) is 39.5 Å². The number of ether oxygens (including phenoxy) is 2. The molecule has 3 nitrogen and oxygen atoms in total. The number of rotatable bonds is 36. The molecule has 252 valence electrons. The Morgan fingerprint density at radius 1 is 0.349 bits per heavy atom. The van der Waals surface area contributed by atoms with Gasteiger partial charge in [-0.05, 0) is 77.0 Å². The smallest absolute Gasteiger partial charge is 0.0590 e. The fraction of sp³-hybridized carbons (Fsp3) is 0.800. The summed E-state index contributed by atoms with van der Waals surface area (Å²) >= 11 is 0. The lowest BCUT2D eigenvalue weighted by molar-refractivity contribution is 0.117. The highest BCUT2D eigenvalue weighted by molar-refractivity contribution is 4.93. The van der Waals surface area contributed by atoms with E-state index in [9.17, 15) is 0 Å². The van der Waals surface area contributed by atoms with Gasteiger partial charge in [0.2, 0.25) is 0 Å². The molecule has 0 aliphatic carbocycles. The minimum absolute atomic E-state index is 0.812. The van der Waals surface area contributed by atoms with Crippen molar-refractivity contribution < 1.29 is 9.47 Å². The monoisotopic (exact) mass is 602 g/mol. The van der Waals surface area contributed by atoms with Crippen LogP contribution in [0.15, 0.2) is 48.6 Å². The number of hydrogen-bond acceptors (Lipinski definition) is 3. The summed E-state index contributed by atoms with van der Waals surface area (Å²) in [4.78, 5) is 0. The summed E-state index contributed by atoms with van der Waals surface area (Å²) in [6.45, 7) is 9.81. The quantitative estimate of drug-likeness (QED) is 0.0572. The first-order valence-corrected chi connectivity index (χ1v) is 18.9. The molecule has 0 fully saturated rings. The zero-order chi connectivity index (χ0) is 31.0. The van der Waals surface area contributed by atoms with Gasteiger partial charge in [-0.3, -0.25) is 0 Å². The van der Waals surface area contributed by atoms with Crippen molar-refractivity contribution in [3.63, 3.8) is 0 Å². The highest BCUT2D eigenvalue weighted by Crippen LogP contribution is 2.09. The van der Waals surface area contributed by atoms with Gasteiger partial charge in [0.05, 0.1) is 13.2 Å². The zero-order valence-electron chi connectivity index (χ0n) is 29.1. The summed E-state index contributed by atoms with van der Waals surface area (Å²) in [5.74, 6) is 0. The average Bonchev–Trinajstić information content (AvgIpc) is 3.02. The molecular formula is C40H75NO2. The Morgan fingerprint density at radius 2 is 0.674 bits per heavy atom. The van der Waals surface area contributed by atoms with Crippen LogP contribution in [0.25, 0.3) is 0 Å². The van der Waals surface area contributed by atoms with E-state index in [1.54, 1.807) is 0 Å². The Bertz CT molecular complexity index is 558. The second-order valence-corrected chi connectivity index (χ2v) is 12.1. The van der Waals surface area contributed by atoms with Crippen LogP contribution in [0.4, 0.5) is 0 Å². The van der Waals surface area contributed by atoms with Crippen LogP contribution < -0.4 is 5.32 Å². The van der Waals surface area contributed by atoms with Crippen molar-refractivity contribution in [3.8, 4) is 0 Å². The molecule has 0 rings (SSSR count). The number of unbranched alkanes of at least 4 members (excludes halogenated alkanes) is 18. The highest BCUT2D eigenvalue weighted by atomic mass is 16.5. The topological polar surface area (TPSA) is 30.5 Å². The van der Waals surface area contributed by atoms with Gasteiger partial charge >= 0.3 is 0 Å². The molecule has 0 aliphatic heterocycles. The van der Waals surface area contributed by atoms with Crippen LogP contribution in [-0.2, 0) is 9.47 Å². The first-order valence-electron chi connectivity index (χ1n) is 18.9. The molecule has 0 saturated carbocycles. The first kappa shape index (κ1) is 41.8. The SMILES string of the molecule is CCCCC/C=C\C/C=C\CCCCCCCCOCCNCCOCCCCCCCC/C=C\C/C=C\CCCCC. The van der Waals surface area contributed by atoms with E-state index in [0.717, 1.165) is 52.4 Å². The van der Waals surface area contributed by atoms with Crippen LogP contribution in [0.2, 0.25) is 0 Å². The van der Waals surface area contributed by atoms with Gasteiger partial charge in [0, 0.05) is 26.3 Å². The van der Waals surface area contributed by atoms with E-state index in [1.807, 2.05) is 0 Å². The average molecular weight is 602 g/mol. The van der Waals surface area contributed by atoms with Crippen LogP contribution in [0.3, 0.4) is 0 Å². The van der Waals surface area contributed by atoms with Crippen molar-refractivity contribution in [1.82, 2.24) is 5.32 Å². The fourth-order valence-electron chi connectivity index (χ4n) is 5.00. The van der Waals surface area contributed by atoms with Gasteiger partial charge in [0.1, 0.15) is 0 Å². The van der Waals surface area contributed by atoms with E-state index in [-0.39, 0.29) is 0 Å². The highest BCUT2D eigenvalue weighted by Gasteiger charge is 1.95. The van der Waals surface area contributed by atoms with E-state index < -0.39 is 0 Å². The molecule has 0 unspecified atom stereocenters. The van der Waals surface area contributed by atoms with Gasteiger partial charge in [-0.2, -0.15) is 0 Å². The Balaban J connectivity index is 3.14. The minimum atomic E-state index is 0.812. The van der Waals surface area contributed by atoms with E-state index >= 15 is 0 Å². The zero-order valence-corrected chi connectivity index (χ0v) is 29.1. The summed E-state index contributed by atoms with van der Waals surface area (Å²) < 4.78 is 11.5. The van der Waals surface area contributed by atoms with Crippen molar-refractivity contribution in [2.45, 2.75) is 168 Å². The van der Waals surface area contributed by atoms with Crippen LogP contribution in [0.1, 0.15) is 168 Å². The molecule has 0 amide bonds. The fourth-order valence-corrected chi connectivity index (χ4v) is 5.00. The number of nitrogens with one attached hydrogen (secondary N) is 1. The third kappa shape index (κ3) is 40.8. The van der Waals surface area contributed by atoms with Gasteiger partial charge in [0.25, 0.3) is 0 Å². The lowest BCUT2D eigenvalue weighted by Crippen LogP contribution is -2.24. The molecule has 0 radical (unpaired) electrons. The second kappa shape index (κ2) is 40.8. The van der Waals surface area contributed by atoms with Crippen molar-refractivity contribution >= 4 is 0 Å². The lowest BCUT2D eigenvalue weighted by Gasteiger charge is -2.07. The minimum Gasteiger partial charge on any atom is -0.380 e. The summed E-state index contributed by atoms with van der Waals surface area (Å²) in [7, 11) is 0. The second-order valence-electron chi connectivity index (χ2n) is 12.1. The number of hydrogen-bond donors (Lipinski definition) is 1. The maximum atomic E-state index is 5.77. The van der Waals surface area contributed by atoms with E-state index in [2.05, 4.69) is 67.8 Å². The Morgan fingerprint density at radius 3 is 1.05 bits per heavy atom. The molecule has 0 saturated heterocycles. The molecule has 1 N–H and O–H groups in total. The third-order valence-corrected chi connectivity index (χ3v) is 7.82. The summed E-state index contributed by atoms with van der Waals surface area (Å²) in [6, 6.07) is 0. The van der Waals surface area contributed by atoms with Crippen molar-refractivity contribution in [3.05, 3.63) is 48.6 Å². The summed E-state index contributed by atoms with van der Waals surface area (Å²) in [5.41, 5.74) is 0. The van der Waals surface area contributed by atoms with E-state index in [4.69, 9.17) is 9.47 Å². The van der Waals surface area contributed by atoms with Crippen molar-refractivity contribution in [2.24, 2.45) is 0 Å². The standard InChI is InChI=1S/C40H75NO2/c1-3-5-7-9-11-13-15-17-19-21-23-25-27-29-31-33-37-42-39-35-41-36-40-43-38-34-32-30-28-26-24-22-20-18-16-14-12-10-8-6-4-2/h11-14,17-20,41H,3-10,15-16,21-40H2,1-2H3/b13-11-,14-12-,19-17-,20-18-. The predicted molar refractivity (Wildman–Crippen MR) is 193 cm³/mol. The molecule has 0 aliphatic rings. The Kier molecular flexibility index (Phi) is 39.7. The lowest BCUT2D eigenvalue weighted by atomic mass is 10.1. The van der Waals surface area contributed by atoms with Crippen molar-refractivity contribution in [1.29, 1.82) is 0 Å². The van der Waals surface area contributed by atoms with Gasteiger partial charge in [-0.15, -0.1) is 0 Å². The molecule has 0 bridgehead atoms. The molecule has 43 heavy (non-hydrogen) atoms. The van der Waals surface area contributed by atoms with Gasteiger partial charge in [-0.25, -0.2) is 0 Å². The number of allylic oxidation sites excluding steroid dienone is 8. The largest absolute Gasteiger partial charge is 0.380 e. The Labute approximate surface area is 270 Å². The van der Waals surface area contributed by atoms with Crippen LogP contribution >= 0.6 is 0 Å². The van der Waals surface area contributed by atoms with Crippen LogP contribution in [0, 0.1) is 0 Å². The third-order valence-electron chi connectivity index (χ3n) is 7.82. The maximum absolute atomic E-state index is 5.77. The van der Waals surface area contributed by atoms with Crippen LogP contribution in [-0.4, -0.2) is 39.5 Å². The molecule has 0 spiro atoms. The van der Waals surface area contributed by atoms with Gasteiger partial charge in [0.15, 0.2) is 0 Å². The Hall–Kier alpha value is -1.16. The first-order chi connectivity index (χ1) is 21.4. The molecular weight excluding hydrogens is 526 g/mol. The predicted octanol–water partition coefficient (Wildman–Crippen LogP) is 12.2. The van der Waals surface area contributed by atoms with Gasteiger partial charge in [-0.1, -0.05) is 140 Å². The summed E-state index contributed by atoms with van der Waals surface area (Å²) in [5, 5.41) is 3.43. The van der Waals surface area contributed by atoms with E-state index in [1.165, 1.54) is 141 Å². The van der Waals surface area contributed by atoms with E-state index in [0.29, 0.717) is 0 Å². The molecule has 0 aromatic rings. The summed E-state index contributed by atoms with van der Waals surface area (Å²) in [6.07, 6.45) is 49.7. The normalized spacial score (nSPS) is 12.3. The molecule has 0 atom stereocenters. The van der Waals surface area contributed by atoms with Gasteiger partial charge < -0.3 is 14.8 Å². The van der Waals surface area contributed by atoms with Crippen LogP contribution in [0.5, 0.6) is 0 Å².